The molecule has 160 valence electrons. The molecule has 31 heavy (non-hydrogen) atoms. The van der Waals surface area contributed by atoms with Gasteiger partial charge >= 0.3 is 11.5 Å². The van der Waals surface area contributed by atoms with Crippen molar-refractivity contribution in [3.8, 4) is 0 Å². The number of carbonyl (C=O) groups excluding carboxylic acids is 2. The molecular weight excluding hydrogens is 434 g/mol. The Kier molecular flexibility index (Phi) is 5.12. The molecule has 0 bridgehead atoms. The number of pyridine rings is 1. The van der Waals surface area contributed by atoms with E-state index in [0.717, 1.165) is 4.90 Å². The van der Waals surface area contributed by atoms with Crippen LogP contribution in [0.5, 0.6) is 0 Å². The third kappa shape index (κ3) is 4.07. The van der Waals surface area contributed by atoms with E-state index in [1.54, 1.807) is 12.1 Å². The lowest BCUT2D eigenvalue weighted by atomic mass is 9.91. The number of thioether (sulfide) groups is 1. The Morgan fingerprint density at radius 1 is 1.10 bits per heavy atom. The van der Waals surface area contributed by atoms with E-state index in [2.05, 4.69) is 10.3 Å². The number of hydrogen-bond acceptors (Lipinski definition) is 4. The zero-order valence-electron chi connectivity index (χ0n) is 16.0. The number of hydrogen-bond donors (Lipinski definition) is 1. The molecule has 1 saturated heterocycles. The van der Waals surface area contributed by atoms with Gasteiger partial charge in [0.05, 0.1) is 11.2 Å². The van der Waals surface area contributed by atoms with Crippen molar-refractivity contribution in [2.75, 3.05) is 4.90 Å². The summed E-state index contributed by atoms with van der Waals surface area (Å²) in [5, 5.41) is 2.89. The standard InChI is InChI=1S/C21H15F4N3O2S/c1-20(11-12-9-10-26-16-4-2-3-15(22)17(12)16)18(29)28(19(30)27-20)13-5-7-14(8-6-13)31-21(23,24)25/h2-10H,11H2,1H3,(H,27,30). The summed E-state index contributed by atoms with van der Waals surface area (Å²) in [6.45, 7) is 1.52. The first-order valence-corrected chi connectivity index (χ1v) is 9.94. The molecule has 5 nitrogen and oxygen atoms in total. The summed E-state index contributed by atoms with van der Waals surface area (Å²) < 4.78 is 52.0. The zero-order valence-corrected chi connectivity index (χ0v) is 16.9. The monoisotopic (exact) mass is 449 g/mol. The molecule has 2 heterocycles. The first-order valence-electron chi connectivity index (χ1n) is 9.12. The van der Waals surface area contributed by atoms with E-state index in [1.165, 1.54) is 49.5 Å². The molecule has 1 unspecified atom stereocenters. The number of nitrogens with zero attached hydrogens (tertiary/aromatic N) is 2. The van der Waals surface area contributed by atoms with Gasteiger partial charge in [0.25, 0.3) is 5.91 Å². The average molecular weight is 449 g/mol. The summed E-state index contributed by atoms with van der Waals surface area (Å²) in [4.78, 5) is 30.6. The summed E-state index contributed by atoms with van der Waals surface area (Å²) >= 11 is -0.288. The van der Waals surface area contributed by atoms with Crippen molar-refractivity contribution in [2.24, 2.45) is 0 Å². The largest absolute Gasteiger partial charge is 0.446 e. The third-order valence-electron chi connectivity index (χ3n) is 4.94. The summed E-state index contributed by atoms with van der Waals surface area (Å²) in [7, 11) is 0. The molecule has 4 rings (SSSR count). The number of nitrogens with one attached hydrogen (secondary N) is 1. The molecule has 1 N–H and O–H groups in total. The van der Waals surface area contributed by atoms with E-state index in [9.17, 15) is 27.2 Å². The summed E-state index contributed by atoms with van der Waals surface area (Å²) in [5.74, 6) is -1.08. The van der Waals surface area contributed by atoms with Crippen LogP contribution in [0.25, 0.3) is 10.9 Å². The first kappa shape index (κ1) is 21.1. The number of urea groups is 1. The molecule has 1 aliphatic rings. The van der Waals surface area contributed by atoms with Gasteiger partial charge in [-0.05, 0) is 66.7 Å². The van der Waals surface area contributed by atoms with Crippen LogP contribution in [0, 0.1) is 5.82 Å². The summed E-state index contributed by atoms with van der Waals surface area (Å²) in [6.07, 6.45) is 1.51. The van der Waals surface area contributed by atoms with E-state index in [0.29, 0.717) is 11.1 Å². The van der Waals surface area contributed by atoms with Crippen LogP contribution in [0.15, 0.2) is 59.6 Å². The van der Waals surface area contributed by atoms with Crippen molar-refractivity contribution in [1.82, 2.24) is 10.3 Å². The highest BCUT2D eigenvalue weighted by Crippen LogP contribution is 2.38. The number of amides is 3. The first-order chi connectivity index (χ1) is 14.6. The Morgan fingerprint density at radius 2 is 1.81 bits per heavy atom. The minimum absolute atomic E-state index is 0.00996. The van der Waals surface area contributed by atoms with Gasteiger partial charge in [-0.1, -0.05) is 6.07 Å². The number of benzene rings is 2. The smallest absolute Gasteiger partial charge is 0.323 e. The highest BCUT2D eigenvalue weighted by molar-refractivity contribution is 8.00. The molecule has 2 aromatic carbocycles. The fourth-order valence-corrected chi connectivity index (χ4v) is 4.13. The number of fused-ring (bicyclic) bond motifs is 1. The number of anilines is 1. The minimum Gasteiger partial charge on any atom is -0.323 e. The SMILES string of the molecule is CC1(Cc2ccnc3cccc(F)c23)NC(=O)N(c2ccc(SC(F)(F)F)cc2)C1=O. The van der Waals surface area contributed by atoms with E-state index < -0.39 is 28.8 Å². The lowest BCUT2D eigenvalue weighted by molar-refractivity contribution is -0.121. The molecule has 1 aliphatic heterocycles. The predicted octanol–water partition coefficient (Wildman–Crippen LogP) is 5.04. The quantitative estimate of drug-likeness (QED) is 0.344. The maximum atomic E-state index is 14.4. The Labute approximate surface area is 178 Å². The van der Waals surface area contributed by atoms with Crippen LogP contribution in [0.3, 0.4) is 0 Å². The zero-order chi connectivity index (χ0) is 22.4. The lowest BCUT2D eigenvalue weighted by Crippen LogP contribution is -2.46. The van der Waals surface area contributed by atoms with Crippen molar-refractivity contribution in [3.63, 3.8) is 0 Å². The molecule has 1 aromatic heterocycles. The third-order valence-corrected chi connectivity index (χ3v) is 5.67. The number of halogens is 4. The van der Waals surface area contributed by atoms with Crippen LogP contribution < -0.4 is 10.2 Å². The molecule has 0 spiro atoms. The van der Waals surface area contributed by atoms with Gasteiger partial charge in [0.1, 0.15) is 11.4 Å². The van der Waals surface area contributed by atoms with E-state index in [1.807, 2.05) is 0 Å². The average Bonchev–Trinajstić information content (AvgIpc) is 2.90. The number of aromatic nitrogens is 1. The van der Waals surface area contributed by atoms with Crippen molar-refractivity contribution >= 4 is 40.3 Å². The molecule has 0 saturated carbocycles. The van der Waals surface area contributed by atoms with Gasteiger partial charge in [-0.25, -0.2) is 14.1 Å². The van der Waals surface area contributed by atoms with Crippen molar-refractivity contribution in [1.29, 1.82) is 0 Å². The van der Waals surface area contributed by atoms with Gasteiger partial charge < -0.3 is 5.32 Å². The topological polar surface area (TPSA) is 62.3 Å². The summed E-state index contributed by atoms with van der Waals surface area (Å²) in [6, 6.07) is 10.3. The Morgan fingerprint density at radius 3 is 2.48 bits per heavy atom. The molecular formula is C21H15F4N3O2S. The van der Waals surface area contributed by atoms with Gasteiger partial charge in [-0.3, -0.25) is 9.78 Å². The van der Waals surface area contributed by atoms with Crippen LogP contribution in [-0.4, -0.2) is 28.0 Å². The molecule has 0 aliphatic carbocycles. The second-order valence-electron chi connectivity index (χ2n) is 7.23. The Hall–Kier alpha value is -3.14. The van der Waals surface area contributed by atoms with Gasteiger partial charge in [-0.15, -0.1) is 0 Å². The predicted molar refractivity (Wildman–Crippen MR) is 108 cm³/mol. The Balaban J connectivity index is 1.62. The number of alkyl halides is 3. The van der Waals surface area contributed by atoms with Crippen LogP contribution in [0.4, 0.5) is 28.0 Å². The summed E-state index contributed by atoms with van der Waals surface area (Å²) in [5.41, 5.74) is -4.75. The van der Waals surface area contributed by atoms with Crippen molar-refractivity contribution in [2.45, 2.75) is 29.3 Å². The molecule has 3 amide bonds. The molecule has 1 fully saturated rings. The fourth-order valence-electron chi connectivity index (χ4n) is 3.59. The maximum Gasteiger partial charge on any atom is 0.446 e. The fraction of sp³-hybridized carbons (Fsp3) is 0.190. The molecule has 1 atom stereocenters. The molecule has 10 heteroatoms. The van der Waals surface area contributed by atoms with Crippen LogP contribution in [-0.2, 0) is 11.2 Å². The second-order valence-corrected chi connectivity index (χ2v) is 8.36. The molecule has 3 aromatic rings. The number of rotatable bonds is 4. The minimum atomic E-state index is -4.44. The Bertz CT molecular complexity index is 1180. The van der Waals surface area contributed by atoms with E-state index in [-0.39, 0.29) is 34.2 Å². The van der Waals surface area contributed by atoms with Crippen molar-refractivity contribution in [3.05, 3.63) is 66.1 Å². The van der Waals surface area contributed by atoms with Gasteiger partial charge in [-0.2, -0.15) is 13.2 Å². The van der Waals surface area contributed by atoms with Crippen LogP contribution in [0.2, 0.25) is 0 Å². The number of carbonyl (C=O) groups is 2. The number of imide groups is 1. The van der Waals surface area contributed by atoms with Crippen LogP contribution >= 0.6 is 11.8 Å². The van der Waals surface area contributed by atoms with Gasteiger partial charge in [0.2, 0.25) is 0 Å². The van der Waals surface area contributed by atoms with E-state index in [4.69, 9.17) is 0 Å². The maximum absolute atomic E-state index is 14.4. The lowest BCUT2D eigenvalue weighted by Gasteiger charge is -2.22. The van der Waals surface area contributed by atoms with Gasteiger partial charge in [0.15, 0.2) is 0 Å². The normalized spacial score (nSPS) is 19.2. The highest BCUT2D eigenvalue weighted by Gasteiger charge is 2.48. The second kappa shape index (κ2) is 7.52. The van der Waals surface area contributed by atoms with Crippen molar-refractivity contribution < 1.29 is 27.2 Å². The molecule has 0 radical (unpaired) electrons. The van der Waals surface area contributed by atoms with Gasteiger partial charge in [0, 0.05) is 22.9 Å². The van der Waals surface area contributed by atoms with E-state index >= 15 is 0 Å². The van der Waals surface area contributed by atoms with Crippen LogP contribution in [0.1, 0.15) is 12.5 Å². The highest BCUT2D eigenvalue weighted by atomic mass is 32.2.